The van der Waals surface area contributed by atoms with Gasteiger partial charge in [-0.25, -0.2) is 0 Å². The lowest BCUT2D eigenvalue weighted by Crippen LogP contribution is -2.47. The Hall–Kier alpha value is -2.25. The lowest BCUT2D eigenvalue weighted by Gasteiger charge is -2.40. The maximum atomic E-state index is 12.7. The fraction of sp³-hybridized carbons (Fsp3) is 0.581. The molecule has 3 saturated heterocycles. The number of morpholine rings is 1. The van der Waals surface area contributed by atoms with E-state index in [1.165, 1.54) is 69.4 Å². The van der Waals surface area contributed by atoms with Crippen molar-refractivity contribution in [3.05, 3.63) is 59.7 Å². The van der Waals surface area contributed by atoms with E-state index in [9.17, 15) is 4.79 Å². The summed E-state index contributed by atoms with van der Waals surface area (Å²) < 4.78 is 5.44. The Balaban J connectivity index is 1.01. The van der Waals surface area contributed by atoms with E-state index in [0.29, 0.717) is 0 Å². The number of nitrogens with one attached hydrogen (secondary N) is 1. The van der Waals surface area contributed by atoms with Gasteiger partial charge in [0.2, 0.25) is 0 Å². The van der Waals surface area contributed by atoms with Gasteiger partial charge in [-0.15, -0.1) is 0 Å². The van der Waals surface area contributed by atoms with Crippen LogP contribution in [0.15, 0.2) is 48.5 Å². The van der Waals surface area contributed by atoms with E-state index in [2.05, 4.69) is 56.4 Å². The third-order valence-corrected chi connectivity index (χ3v) is 8.35. The molecule has 0 spiro atoms. The van der Waals surface area contributed by atoms with Gasteiger partial charge in [-0.05, 0) is 93.7 Å². The largest absolute Gasteiger partial charge is 0.379 e. The van der Waals surface area contributed by atoms with E-state index in [1.54, 1.807) is 0 Å². The van der Waals surface area contributed by atoms with Crippen LogP contribution in [-0.4, -0.2) is 92.2 Å². The number of benzene rings is 2. The number of nitrogens with zero attached hydrogens (tertiary/aromatic N) is 3. The molecule has 37 heavy (non-hydrogen) atoms. The van der Waals surface area contributed by atoms with Crippen molar-refractivity contribution in [2.24, 2.45) is 0 Å². The van der Waals surface area contributed by atoms with Gasteiger partial charge >= 0.3 is 0 Å². The summed E-state index contributed by atoms with van der Waals surface area (Å²) in [6.45, 7) is 11.5. The first-order chi connectivity index (χ1) is 18.2. The smallest absolute Gasteiger partial charge is 0.251 e. The molecule has 5 rings (SSSR count). The van der Waals surface area contributed by atoms with Gasteiger partial charge in [-0.3, -0.25) is 9.69 Å². The molecule has 3 aliphatic heterocycles. The first-order valence-corrected chi connectivity index (χ1v) is 14.5. The molecule has 0 saturated carbocycles. The van der Waals surface area contributed by atoms with Crippen molar-refractivity contribution in [3.8, 4) is 11.1 Å². The second kappa shape index (κ2) is 13.5. The van der Waals surface area contributed by atoms with Crippen LogP contribution in [0.25, 0.3) is 11.1 Å². The Labute approximate surface area is 223 Å². The molecule has 6 nitrogen and oxygen atoms in total. The van der Waals surface area contributed by atoms with Gasteiger partial charge in [0.25, 0.3) is 5.91 Å². The van der Waals surface area contributed by atoms with Crippen LogP contribution in [-0.2, 0) is 11.3 Å². The lowest BCUT2D eigenvalue weighted by atomic mass is 10.00. The molecule has 0 atom stereocenters. The SMILES string of the molecule is O=C(NCCCN1CCC(N2CCCCC2)CC1)c1ccc(-c2ccc(CN3CCOCC3)cc2)cc1. The minimum atomic E-state index is 0.0243. The van der Waals surface area contributed by atoms with Crippen LogP contribution in [0.5, 0.6) is 0 Å². The third kappa shape index (κ3) is 7.64. The number of carbonyl (C=O) groups excluding carboxylic acids is 1. The van der Waals surface area contributed by atoms with Crippen molar-refractivity contribution < 1.29 is 9.53 Å². The summed E-state index contributed by atoms with van der Waals surface area (Å²) in [7, 11) is 0. The summed E-state index contributed by atoms with van der Waals surface area (Å²) in [6, 6.07) is 17.6. The topological polar surface area (TPSA) is 48.1 Å². The van der Waals surface area contributed by atoms with Gasteiger partial charge in [0.15, 0.2) is 0 Å². The monoisotopic (exact) mass is 504 g/mol. The first-order valence-electron chi connectivity index (χ1n) is 14.5. The Morgan fingerprint density at radius 1 is 0.784 bits per heavy atom. The average Bonchev–Trinajstić information content (AvgIpc) is 2.97. The molecular weight excluding hydrogens is 460 g/mol. The highest BCUT2D eigenvalue weighted by Gasteiger charge is 2.25. The Bertz CT molecular complexity index is 958. The maximum Gasteiger partial charge on any atom is 0.251 e. The van der Waals surface area contributed by atoms with Gasteiger partial charge in [0.05, 0.1) is 13.2 Å². The van der Waals surface area contributed by atoms with Gasteiger partial charge in [0.1, 0.15) is 0 Å². The molecule has 0 unspecified atom stereocenters. The molecule has 0 radical (unpaired) electrons. The standard InChI is InChI=1S/C31H44N4O2/c36-31(32-15-4-16-33-19-13-30(14-20-33)35-17-2-1-3-18-35)29-11-9-28(10-12-29)27-7-5-26(6-8-27)25-34-21-23-37-24-22-34/h5-12,30H,1-4,13-25H2,(H,32,36). The molecule has 2 aromatic carbocycles. The fourth-order valence-electron chi connectivity index (χ4n) is 6.03. The van der Waals surface area contributed by atoms with Crippen LogP contribution >= 0.6 is 0 Å². The quantitative estimate of drug-likeness (QED) is 0.517. The minimum absolute atomic E-state index is 0.0243. The summed E-state index contributed by atoms with van der Waals surface area (Å²) in [5.74, 6) is 0.0243. The number of carbonyl (C=O) groups is 1. The van der Waals surface area contributed by atoms with Crippen molar-refractivity contribution in [1.29, 1.82) is 0 Å². The van der Waals surface area contributed by atoms with Crippen LogP contribution < -0.4 is 5.32 Å². The molecule has 200 valence electrons. The summed E-state index contributed by atoms with van der Waals surface area (Å²) in [4.78, 5) is 20.4. The lowest BCUT2D eigenvalue weighted by molar-refractivity contribution is 0.0342. The first kappa shape index (κ1) is 26.4. The highest BCUT2D eigenvalue weighted by molar-refractivity contribution is 5.94. The van der Waals surface area contributed by atoms with Crippen LogP contribution in [0.4, 0.5) is 0 Å². The Kier molecular flexibility index (Phi) is 9.63. The summed E-state index contributed by atoms with van der Waals surface area (Å²) >= 11 is 0. The third-order valence-electron chi connectivity index (χ3n) is 8.35. The van der Waals surface area contributed by atoms with E-state index >= 15 is 0 Å². The Morgan fingerprint density at radius 3 is 2.11 bits per heavy atom. The number of likely N-dealkylation sites (tertiary alicyclic amines) is 2. The summed E-state index contributed by atoms with van der Waals surface area (Å²) in [6.07, 6.45) is 7.78. The molecule has 0 aromatic heterocycles. The van der Waals surface area contributed by atoms with Gasteiger partial charge in [0, 0.05) is 37.8 Å². The van der Waals surface area contributed by atoms with Crippen LogP contribution in [0.1, 0.15) is 54.4 Å². The van der Waals surface area contributed by atoms with Gasteiger partial charge in [-0.2, -0.15) is 0 Å². The zero-order chi connectivity index (χ0) is 25.3. The predicted molar refractivity (Wildman–Crippen MR) is 150 cm³/mol. The molecular formula is C31H44N4O2. The minimum Gasteiger partial charge on any atom is -0.379 e. The van der Waals surface area contributed by atoms with E-state index in [-0.39, 0.29) is 5.91 Å². The highest BCUT2D eigenvalue weighted by atomic mass is 16.5. The molecule has 6 heteroatoms. The molecule has 3 heterocycles. The number of ether oxygens (including phenoxy) is 1. The number of hydrogen-bond donors (Lipinski definition) is 1. The zero-order valence-corrected chi connectivity index (χ0v) is 22.4. The maximum absolute atomic E-state index is 12.7. The number of amides is 1. The number of rotatable bonds is 9. The van der Waals surface area contributed by atoms with Gasteiger partial charge < -0.3 is 19.9 Å². The van der Waals surface area contributed by atoms with Crippen LogP contribution in [0.2, 0.25) is 0 Å². The summed E-state index contributed by atoms with van der Waals surface area (Å²) in [5, 5.41) is 3.12. The molecule has 2 aromatic rings. The molecule has 0 aliphatic carbocycles. The van der Waals surface area contributed by atoms with Crippen molar-refractivity contribution in [3.63, 3.8) is 0 Å². The van der Waals surface area contributed by atoms with Crippen LogP contribution in [0, 0.1) is 0 Å². The molecule has 1 amide bonds. The molecule has 1 N–H and O–H groups in total. The number of hydrogen-bond acceptors (Lipinski definition) is 5. The van der Waals surface area contributed by atoms with Crippen molar-refractivity contribution in [1.82, 2.24) is 20.0 Å². The predicted octanol–water partition coefficient (Wildman–Crippen LogP) is 4.26. The summed E-state index contributed by atoms with van der Waals surface area (Å²) in [5.41, 5.74) is 4.38. The average molecular weight is 505 g/mol. The molecule has 0 bridgehead atoms. The van der Waals surface area contributed by atoms with E-state index in [4.69, 9.17) is 4.74 Å². The molecule has 3 fully saturated rings. The van der Waals surface area contributed by atoms with Crippen molar-refractivity contribution >= 4 is 5.91 Å². The van der Waals surface area contributed by atoms with Crippen molar-refractivity contribution in [2.75, 3.05) is 65.6 Å². The fourth-order valence-corrected chi connectivity index (χ4v) is 6.03. The van der Waals surface area contributed by atoms with Gasteiger partial charge in [-0.1, -0.05) is 42.8 Å². The normalized spacial score (nSPS) is 20.6. The second-order valence-corrected chi connectivity index (χ2v) is 10.9. The van der Waals surface area contributed by atoms with E-state index < -0.39 is 0 Å². The molecule has 3 aliphatic rings. The van der Waals surface area contributed by atoms with E-state index in [1.807, 2.05) is 12.1 Å². The van der Waals surface area contributed by atoms with E-state index in [0.717, 1.165) is 69.5 Å². The Morgan fingerprint density at radius 2 is 1.43 bits per heavy atom. The second-order valence-electron chi connectivity index (χ2n) is 10.9. The highest BCUT2D eigenvalue weighted by Crippen LogP contribution is 2.22. The number of piperidine rings is 2. The van der Waals surface area contributed by atoms with Crippen molar-refractivity contribution in [2.45, 2.75) is 51.1 Å². The van der Waals surface area contributed by atoms with Crippen LogP contribution in [0.3, 0.4) is 0 Å². The zero-order valence-electron chi connectivity index (χ0n) is 22.4.